The fraction of sp³-hybridized carbons (Fsp3) is 0.273. The number of hydrogen-bond acceptors (Lipinski definition) is 1. The van der Waals surface area contributed by atoms with E-state index >= 15 is 0 Å². The van der Waals surface area contributed by atoms with Crippen molar-refractivity contribution in [3.8, 4) is 0 Å². The van der Waals surface area contributed by atoms with Crippen LogP contribution in [-0.2, 0) is 0 Å². The maximum absolute atomic E-state index is 2.21. The van der Waals surface area contributed by atoms with Gasteiger partial charge in [-0.05, 0) is 37.8 Å². The highest BCUT2D eigenvalue weighted by molar-refractivity contribution is 7.11. The van der Waals surface area contributed by atoms with Crippen LogP contribution in [0.4, 0.5) is 0 Å². The normalized spacial score (nSPS) is 13.6. The zero-order valence-corrected chi connectivity index (χ0v) is 8.61. The molecule has 0 aromatic carbocycles. The Labute approximate surface area is 78.2 Å². The lowest BCUT2D eigenvalue weighted by Gasteiger charge is -1.96. The smallest absolute Gasteiger partial charge is 0.0299 e. The average molecular weight is 178 g/mol. The van der Waals surface area contributed by atoms with Crippen molar-refractivity contribution in [2.45, 2.75) is 20.8 Å². The predicted molar refractivity (Wildman–Crippen MR) is 57.4 cm³/mol. The third kappa shape index (κ3) is 2.35. The minimum atomic E-state index is 1.32. The van der Waals surface area contributed by atoms with E-state index in [-0.39, 0.29) is 0 Å². The molecule has 0 saturated heterocycles. The molecule has 0 amide bonds. The van der Waals surface area contributed by atoms with Crippen molar-refractivity contribution < 1.29 is 0 Å². The molecule has 12 heavy (non-hydrogen) atoms. The zero-order chi connectivity index (χ0) is 8.97. The standard InChI is InChI=1S/C11H14S/c1-4-9(2)8-10(3)11-6-5-7-12-11/h4-8H,1-3H3/b9-4-,10-8+. The van der Waals surface area contributed by atoms with Gasteiger partial charge in [0, 0.05) is 4.88 Å². The van der Waals surface area contributed by atoms with Gasteiger partial charge in [-0.3, -0.25) is 0 Å². The molecule has 0 N–H and O–H groups in total. The van der Waals surface area contributed by atoms with E-state index in [1.54, 1.807) is 11.3 Å². The maximum atomic E-state index is 2.21. The third-order valence-corrected chi connectivity index (χ3v) is 2.81. The first-order valence-corrected chi connectivity index (χ1v) is 4.97. The minimum Gasteiger partial charge on any atom is -0.144 e. The first-order valence-electron chi connectivity index (χ1n) is 4.09. The lowest BCUT2D eigenvalue weighted by Crippen LogP contribution is -1.73. The van der Waals surface area contributed by atoms with Crippen LogP contribution in [-0.4, -0.2) is 0 Å². The van der Waals surface area contributed by atoms with Crippen LogP contribution in [0.1, 0.15) is 25.6 Å². The van der Waals surface area contributed by atoms with Crippen LogP contribution in [0.3, 0.4) is 0 Å². The van der Waals surface area contributed by atoms with Gasteiger partial charge >= 0.3 is 0 Å². The Morgan fingerprint density at radius 3 is 2.67 bits per heavy atom. The van der Waals surface area contributed by atoms with E-state index in [2.05, 4.69) is 50.4 Å². The van der Waals surface area contributed by atoms with Crippen molar-refractivity contribution in [3.63, 3.8) is 0 Å². The molecule has 0 fully saturated rings. The van der Waals surface area contributed by atoms with Gasteiger partial charge in [0.05, 0.1) is 0 Å². The summed E-state index contributed by atoms with van der Waals surface area (Å²) >= 11 is 1.79. The number of rotatable bonds is 2. The Morgan fingerprint density at radius 1 is 1.42 bits per heavy atom. The predicted octanol–water partition coefficient (Wildman–Crippen LogP) is 4.12. The van der Waals surface area contributed by atoms with Crippen LogP contribution in [0, 0.1) is 0 Å². The molecule has 1 aromatic heterocycles. The van der Waals surface area contributed by atoms with Crippen molar-refractivity contribution >= 4 is 16.9 Å². The van der Waals surface area contributed by atoms with E-state index in [0.29, 0.717) is 0 Å². The van der Waals surface area contributed by atoms with E-state index < -0.39 is 0 Å². The molecule has 0 nitrogen and oxygen atoms in total. The summed E-state index contributed by atoms with van der Waals surface area (Å²) in [5.41, 5.74) is 2.67. The Morgan fingerprint density at radius 2 is 2.17 bits per heavy atom. The Balaban J connectivity index is 2.85. The lowest BCUT2D eigenvalue weighted by molar-refractivity contribution is 1.47. The molecule has 0 radical (unpaired) electrons. The van der Waals surface area contributed by atoms with Gasteiger partial charge in [-0.15, -0.1) is 11.3 Å². The maximum Gasteiger partial charge on any atom is 0.0299 e. The molecule has 0 atom stereocenters. The van der Waals surface area contributed by atoms with Crippen LogP contribution in [0.5, 0.6) is 0 Å². The molecule has 0 bridgehead atoms. The fourth-order valence-electron chi connectivity index (χ4n) is 0.999. The van der Waals surface area contributed by atoms with Gasteiger partial charge in [-0.25, -0.2) is 0 Å². The van der Waals surface area contributed by atoms with Crippen molar-refractivity contribution in [1.29, 1.82) is 0 Å². The second-order valence-electron chi connectivity index (χ2n) is 2.84. The first-order chi connectivity index (χ1) is 5.74. The largest absolute Gasteiger partial charge is 0.144 e. The lowest BCUT2D eigenvalue weighted by atomic mass is 10.1. The van der Waals surface area contributed by atoms with E-state index in [0.717, 1.165) is 0 Å². The van der Waals surface area contributed by atoms with E-state index in [9.17, 15) is 0 Å². The topological polar surface area (TPSA) is 0 Å². The molecule has 0 aliphatic carbocycles. The van der Waals surface area contributed by atoms with Gasteiger partial charge in [-0.1, -0.05) is 23.8 Å². The van der Waals surface area contributed by atoms with Crippen molar-refractivity contribution in [2.24, 2.45) is 0 Å². The monoisotopic (exact) mass is 178 g/mol. The van der Waals surface area contributed by atoms with Crippen LogP contribution >= 0.6 is 11.3 Å². The van der Waals surface area contributed by atoms with Crippen LogP contribution in [0.2, 0.25) is 0 Å². The zero-order valence-electron chi connectivity index (χ0n) is 7.79. The van der Waals surface area contributed by atoms with Gasteiger partial charge < -0.3 is 0 Å². The molecule has 0 saturated carbocycles. The molecule has 0 unspecified atom stereocenters. The van der Waals surface area contributed by atoms with Gasteiger partial charge in [-0.2, -0.15) is 0 Å². The summed E-state index contributed by atoms with van der Waals surface area (Å²) in [4.78, 5) is 1.36. The molecule has 1 aromatic rings. The molecule has 1 rings (SSSR count). The Hall–Kier alpha value is -0.820. The number of thiophene rings is 1. The summed E-state index contributed by atoms with van der Waals surface area (Å²) in [6.45, 7) is 6.34. The molecular weight excluding hydrogens is 164 g/mol. The van der Waals surface area contributed by atoms with Crippen molar-refractivity contribution in [3.05, 3.63) is 40.1 Å². The first kappa shape index (κ1) is 9.27. The van der Waals surface area contributed by atoms with Gasteiger partial charge in [0.2, 0.25) is 0 Å². The number of allylic oxidation sites excluding steroid dienone is 4. The molecule has 0 spiro atoms. The van der Waals surface area contributed by atoms with E-state index in [4.69, 9.17) is 0 Å². The highest BCUT2D eigenvalue weighted by atomic mass is 32.1. The quantitative estimate of drug-likeness (QED) is 0.598. The second kappa shape index (κ2) is 4.27. The highest BCUT2D eigenvalue weighted by Gasteiger charge is 1.94. The van der Waals surface area contributed by atoms with Crippen molar-refractivity contribution in [2.75, 3.05) is 0 Å². The fourth-order valence-corrected chi connectivity index (χ4v) is 1.70. The van der Waals surface area contributed by atoms with Crippen LogP contribution < -0.4 is 0 Å². The summed E-state index contributed by atoms with van der Waals surface area (Å²) in [6, 6.07) is 4.24. The molecule has 64 valence electrons. The minimum absolute atomic E-state index is 1.32. The van der Waals surface area contributed by atoms with Gasteiger partial charge in [0.25, 0.3) is 0 Å². The molecule has 0 aliphatic rings. The Kier molecular flexibility index (Phi) is 3.30. The summed E-state index contributed by atoms with van der Waals surface area (Å²) < 4.78 is 0. The van der Waals surface area contributed by atoms with Gasteiger partial charge in [0.1, 0.15) is 0 Å². The molecule has 1 heteroatoms. The van der Waals surface area contributed by atoms with E-state index in [1.165, 1.54) is 16.0 Å². The summed E-state index contributed by atoms with van der Waals surface area (Å²) in [6.07, 6.45) is 4.34. The second-order valence-corrected chi connectivity index (χ2v) is 3.79. The number of hydrogen-bond donors (Lipinski definition) is 0. The molecule has 1 heterocycles. The average Bonchev–Trinajstić information content (AvgIpc) is 2.56. The van der Waals surface area contributed by atoms with Crippen LogP contribution in [0.25, 0.3) is 5.57 Å². The SMILES string of the molecule is C/C=C(C)\C=C(/C)c1cccs1. The van der Waals surface area contributed by atoms with E-state index in [1.807, 2.05) is 0 Å². The van der Waals surface area contributed by atoms with Crippen LogP contribution in [0.15, 0.2) is 35.2 Å². The summed E-state index contributed by atoms with van der Waals surface area (Å²) in [5, 5.41) is 2.11. The van der Waals surface area contributed by atoms with Crippen molar-refractivity contribution in [1.82, 2.24) is 0 Å². The molecule has 0 aliphatic heterocycles. The highest BCUT2D eigenvalue weighted by Crippen LogP contribution is 2.20. The summed E-state index contributed by atoms with van der Waals surface area (Å²) in [5.74, 6) is 0. The third-order valence-electron chi connectivity index (χ3n) is 1.81. The molecular formula is C11H14S. The summed E-state index contributed by atoms with van der Waals surface area (Å²) in [7, 11) is 0. The Bertz CT molecular complexity index is 289. The van der Waals surface area contributed by atoms with Gasteiger partial charge in [0.15, 0.2) is 0 Å².